The SMILES string of the molecule is C=C1CN(S(=O)(=O)c2ccc(C)cc2)CCCN(C(=O)OCCC)CCCN(S(=O)(=O)c2ccc(C)cc2)C1. The van der Waals surface area contributed by atoms with E-state index in [1.54, 1.807) is 48.5 Å². The Labute approximate surface area is 233 Å². The molecule has 0 atom stereocenters. The summed E-state index contributed by atoms with van der Waals surface area (Å²) >= 11 is 0. The zero-order valence-corrected chi connectivity index (χ0v) is 24.6. The van der Waals surface area contributed by atoms with Crippen molar-refractivity contribution in [1.82, 2.24) is 13.5 Å². The number of rotatable bonds is 6. The molecule has 1 aliphatic rings. The molecule has 9 nitrogen and oxygen atoms in total. The van der Waals surface area contributed by atoms with Crippen LogP contribution in [0.5, 0.6) is 0 Å². The van der Waals surface area contributed by atoms with Gasteiger partial charge in [-0.2, -0.15) is 8.61 Å². The first kappa shape index (κ1) is 30.8. The standard InChI is InChI=1S/C28H39N3O6S2/c1-5-20-37-28(32)29-16-6-18-30(38(33,34)26-12-8-23(2)9-13-26)21-25(4)22-31(19-7-17-29)39(35,36)27-14-10-24(3)11-15-27/h8-15H,4-7,16-22H2,1-3H3. The molecular formula is C28H39N3O6S2. The Balaban J connectivity index is 1.94. The summed E-state index contributed by atoms with van der Waals surface area (Å²) in [5.41, 5.74) is 2.33. The molecule has 0 bridgehead atoms. The molecule has 1 fully saturated rings. The number of carbonyl (C=O) groups excluding carboxylic acids is 1. The van der Waals surface area contributed by atoms with Crippen LogP contribution in [0.1, 0.15) is 37.3 Å². The van der Waals surface area contributed by atoms with Gasteiger partial charge in [0.1, 0.15) is 0 Å². The van der Waals surface area contributed by atoms with Gasteiger partial charge in [-0.05, 0) is 62.9 Å². The third-order valence-electron chi connectivity index (χ3n) is 6.48. The van der Waals surface area contributed by atoms with Crippen LogP contribution in [0.15, 0.2) is 70.5 Å². The number of aryl methyl sites for hydroxylation is 2. The van der Waals surface area contributed by atoms with Crippen LogP contribution in [0.25, 0.3) is 0 Å². The van der Waals surface area contributed by atoms with Crippen LogP contribution < -0.4 is 0 Å². The first-order valence-corrected chi connectivity index (χ1v) is 16.0. The highest BCUT2D eigenvalue weighted by Gasteiger charge is 2.30. The number of hydrogen-bond donors (Lipinski definition) is 0. The fourth-order valence-corrected chi connectivity index (χ4v) is 7.29. The van der Waals surface area contributed by atoms with E-state index in [0.29, 0.717) is 24.8 Å². The molecule has 0 unspecified atom stereocenters. The average molecular weight is 578 g/mol. The van der Waals surface area contributed by atoms with Crippen molar-refractivity contribution in [3.05, 3.63) is 71.8 Å². The average Bonchev–Trinajstić information content (AvgIpc) is 2.89. The number of ether oxygens (including phenoxy) is 1. The fourth-order valence-electron chi connectivity index (χ4n) is 4.29. The molecule has 0 N–H and O–H groups in total. The number of benzene rings is 2. The van der Waals surface area contributed by atoms with Gasteiger partial charge < -0.3 is 9.64 Å². The third-order valence-corrected chi connectivity index (χ3v) is 10.2. The van der Waals surface area contributed by atoms with Gasteiger partial charge in [0.25, 0.3) is 0 Å². The second kappa shape index (κ2) is 13.6. The minimum Gasteiger partial charge on any atom is -0.449 e. The number of sulfonamides is 2. The highest BCUT2D eigenvalue weighted by molar-refractivity contribution is 7.89. The smallest absolute Gasteiger partial charge is 0.409 e. The van der Waals surface area contributed by atoms with Crippen molar-refractivity contribution < 1.29 is 26.4 Å². The van der Waals surface area contributed by atoms with Gasteiger partial charge in [0.2, 0.25) is 20.0 Å². The number of hydrogen-bond acceptors (Lipinski definition) is 6. The van der Waals surface area contributed by atoms with E-state index in [2.05, 4.69) is 6.58 Å². The second-order valence-electron chi connectivity index (χ2n) is 9.86. The summed E-state index contributed by atoms with van der Waals surface area (Å²) in [6, 6.07) is 13.2. The molecule has 214 valence electrons. The van der Waals surface area contributed by atoms with E-state index in [9.17, 15) is 21.6 Å². The predicted molar refractivity (Wildman–Crippen MR) is 151 cm³/mol. The van der Waals surface area contributed by atoms with Crippen molar-refractivity contribution in [2.24, 2.45) is 0 Å². The molecule has 0 radical (unpaired) electrons. The Morgan fingerprint density at radius 3 is 1.56 bits per heavy atom. The summed E-state index contributed by atoms with van der Waals surface area (Å²) in [5, 5.41) is 0. The topological polar surface area (TPSA) is 104 Å². The molecule has 11 heteroatoms. The summed E-state index contributed by atoms with van der Waals surface area (Å²) < 4.78 is 62.3. The van der Waals surface area contributed by atoms with Gasteiger partial charge in [-0.25, -0.2) is 21.6 Å². The van der Waals surface area contributed by atoms with Gasteiger partial charge in [-0.1, -0.05) is 48.9 Å². The maximum atomic E-state index is 13.6. The molecule has 0 aliphatic carbocycles. The van der Waals surface area contributed by atoms with E-state index in [4.69, 9.17) is 4.74 Å². The lowest BCUT2D eigenvalue weighted by Gasteiger charge is -2.30. The van der Waals surface area contributed by atoms with E-state index in [-0.39, 0.29) is 55.7 Å². The molecule has 1 heterocycles. The second-order valence-corrected chi connectivity index (χ2v) is 13.7. The summed E-state index contributed by atoms with van der Waals surface area (Å²) in [6.45, 7) is 10.7. The lowest BCUT2D eigenvalue weighted by atomic mass is 10.2. The Morgan fingerprint density at radius 2 is 1.18 bits per heavy atom. The van der Waals surface area contributed by atoms with Gasteiger partial charge in [0, 0.05) is 39.3 Å². The van der Waals surface area contributed by atoms with Crippen LogP contribution in [-0.4, -0.2) is 82.3 Å². The Bertz CT molecular complexity index is 1250. The third kappa shape index (κ3) is 8.14. The van der Waals surface area contributed by atoms with Gasteiger partial charge in [-0.3, -0.25) is 0 Å². The van der Waals surface area contributed by atoms with E-state index >= 15 is 0 Å². The molecule has 0 saturated carbocycles. The molecular weight excluding hydrogens is 538 g/mol. The maximum absolute atomic E-state index is 13.6. The monoisotopic (exact) mass is 577 g/mol. The van der Waals surface area contributed by atoms with Crippen LogP contribution in [0, 0.1) is 13.8 Å². The Kier molecular flexibility index (Phi) is 10.7. The van der Waals surface area contributed by atoms with Gasteiger partial charge in [-0.15, -0.1) is 0 Å². The van der Waals surface area contributed by atoms with Crippen molar-refractivity contribution in [2.75, 3.05) is 45.9 Å². The van der Waals surface area contributed by atoms with Crippen molar-refractivity contribution in [3.63, 3.8) is 0 Å². The van der Waals surface area contributed by atoms with Gasteiger partial charge in [0.05, 0.1) is 16.4 Å². The van der Waals surface area contributed by atoms with Gasteiger partial charge in [0.15, 0.2) is 0 Å². The molecule has 39 heavy (non-hydrogen) atoms. The number of amides is 1. The first-order chi connectivity index (χ1) is 18.4. The first-order valence-electron chi connectivity index (χ1n) is 13.2. The zero-order chi connectivity index (χ0) is 28.6. The molecule has 0 aromatic heterocycles. The van der Waals surface area contributed by atoms with Gasteiger partial charge >= 0.3 is 6.09 Å². The number of nitrogens with zero attached hydrogens (tertiary/aromatic N) is 3. The van der Waals surface area contributed by atoms with Crippen molar-refractivity contribution >= 4 is 26.1 Å². The lowest BCUT2D eigenvalue weighted by Crippen LogP contribution is -2.42. The highest BCUT2D eigenvalue weighted by Crippen LogP contribution is 2.22. The van der Waals surface area contributed by atoms with Crippen LogP contribution in [0.3, 0.4) is 0 Å². The summed E-state index contributed by atoms with van der Waals surface area (Å²) in [4.78, 5) is 14.5. The molecule has 1 saturated heterocycles. The molecule has 2 aromatic carbocycles. The van der Waals surface area contributed by atoms with Crippen LogP contribution in [-0.2, 0) is 24.8 Å². The van der Waals surface area contributed by atoms with Crippen molar-refractivity contribution in [3.8, 4) is 0 Å². The molecule has 3 rings (SSSR count). The van der Waals surface area contributed by atoms with Crippen molar-refractivity contribution in [2.45, 2.75) is 49.8 Å². The Morgan fingerprint density at radius 1 is 0.769 bits per heavy atom. The molecule has 0 spiro atoms. The largest absolute Gasteiger partial charge is 0.449 e. The quantitative estimate of drug-likeness (QED) is 0.477. The summed E-state index contributed by atoms with van der Waals surface area (Å²) in [6.07, 6.45) is 0.974. The number of carbonyl (C=O) groups is 1. The lowest BCUT2D eigenvalue weighted by molar-refractivity contribution is 0.100. The highest BCUT2D eigenvalue weighted by atomic mass is 32.2. The summed E-state index contributed by atoms with van der Waals surface area (Å²) in [5.74, 6) is 0. The molecule has 2 aromatic rings. The molecule has 1 amide bonds. The minimum atomic E-state index is -3.89. The predicted octanol–water partition coefficient (Wildman–Crippen LogP) is 4.18. The molecule has 1 aliphatic heterocycles. The van der Waals surface area contributed by atoms with Crippen molar-refractivity contribution in [1.29, 1.82) is 0 Å². The van der Waals surface area contributed by atoms with Crippen LogP contribution in [0.2, 0.25) is 0 Å². The van der Waals surface area contributed by atoms with E-state index in [1.807, 2.05) is 20.8 Å². The van der Waals surface area contributed by atoms with E-state index in [1.165, 1.54) is 13.5 Å². The van der Waals surface area contributed by atoms with E-state index < -0.39 is 26.1 Å². The van der Waals surface area contributed by atoms with Crippen LogP contribution in [0.4, 0.5) is 4.79 Å². The van der Waals surface area contributed by atoms with E-state index in [0.717, 1.165) is 11.1 Å². The maximum Gasteiger partial charge on any atom is 0.409 e. The fraction of sp³-hybridized carbons (Fsp3) is 0.464. The minimum absolute atomic E-state index is 0.0452. The zero-order valence-electron chi connectivity index (χ0n) is 23.0. The Hall–Kier alpha value is -2.73. The normalized spacial score (nSPS) is 17.3. The van der Waals surface area contributed by atoms with Crippen LogP contribution >= 0.6 is 0 Å². The summed E-state index contributed by atoms with van der Waals surface area (Å²) in [7, 11) is -7.78.